The van der Waals surface area contributed by atoms with Crippen molar-refractivity contribution in [3.05, 3.63) is 29.8 Å². The summed E-state index contributed by atoms with van der Waals surface area (Å²) >= 11 is 1.17. The third-order valence-corrected chi connectivity index (χ3v) is 4.24. The molecule has 0 saturated heterocycles. The first kappa shape index (κ1) is 24.4. The molecule has 0 heterocycles. The SMILES string of the molecule is COCCNC(=O)CSc1ccccc1C(=O)OCC(=O)NC(=O)NC(C)(C)C. The van der Waals surface area contributed by atoms with E-state index >= 15 is 0 Å². The Morgan fingerprint density at radius 1 is 1.07 bits per heavy atom. The number of hydrogen-bond acceptors (Lipinski definition) is 7. The number of urea groups is 1. The highest BCUT2D eigenvalue weighted by Gasteiger charge is 2.18. The zero-order valence-corrected chi connectivity index (χ0v) is 17.8. The van der Waals surface area contributed by atoms with Gasteiger partial charge in [-0.15, -0.1) is 11.8 Å². The van der Waals surface area contributed by atoms with Crippen LogP contribution in [0.25, 0.3) is 0 Å². The molecule has 0 aliphatic carbocycles. The van der Waals surface area contributed by atoms with Crippen LogP contribution in [-0.2, 0) is 19.1 Å². The van der Waals surface area contributed by atoms with Gasteiger partial charge in [0, 0.05) is 24.1 Å². The molecule has 0 saturated carbocycles. The summed E-state index contributed by atoms with van der Waals surface area (Å²) in [6.07, 6.45) is 0. The highest BCUT2D eigenvalue weighted by molar-refractivity contribution is 8.00. The molecular formula is C19H27N3O6S. The quantitative estimate of drug-likeness (QED) is 0.310. The molecule has 1 aromatic carbocycles. The first-order chi connectivity index (χ1) is 13.6. The predicted molar refractivity (Wildman–Crippen MR) is 109 cm³/mol. The largest absolute Gasteiger partial charge is 0.452 e. The van der Waals surface area contributed by atoms with Crippen LogP contribution in [0.3, 0.4) is 0 Å². The van der Waals surface area contributed by atoms with Crippen molar-refractivity contribution in [1.82, 2.24) is 16.0 Å². The number of imide groups is 1. The molecule has 0 bridgehead atoms. The number of carbonyl (C=O) groups is 4. The number of rotatable bonds is 9. The van der Waals surface area contributed by atoms with E-state index in [0.29, 0.717) is 18.0 Å². The number of methoxy groups -OCH3 is 1. The molecule has 1 rings (SSSR count). The fraction of sp³-hybridized carbons (Fsp3) is 0.474. The van der Waals surface area contributed by atoms with Crippen molar-refractivity contribution in [3.8, 4) is 0 Å². The molecule has 0 fully saturated rings. The lowest BCUT2D eigenvalue weighted by Gasteiger charge is -2.20. The number of amides is 4. The van der Waals surface area contributed by atoms with Gasteiger partial charge in [-0.2, -0.15) is 0 Å². The predicted octanol–water partition coefficient (Wildman–Crippen LogP) is 1.32. The fourth-order valence-electron chi connectivity index (χ4n) is 1.99. The van der Waals surface area contributed by atoms with Crippen molar-refractivity contribution in [2.75, 3.05) is 32.6 Å². The molecule has 10 heteroatoms. The molecule has 4 amide bonds. The summed E-state index contributed by atoms with van der Waals surface area (Å²) in [5.41, 5.74) is -0.276. The van der Waals surface area contributed by atoms with Crippen LogP contribution in [-0.4, -0.2) is 62.0 Å². The third-order valence-electron chi connectivity index (χ3n) is 3.17. The Morgan fingerprint density at radius 2 is 1.76 bits per heavy atom. The number of hydrogen-bond donors (Lipinski definition) is 3. The zero-order valence-electron chi connectivity index (χ0n) is 17.0. The molecule has 0 radical (unpaired) electrons. The van der Waals surface area contributed by atoms with Gasteiger partial charge in [-0.25, -0.2) is 9.59 Å². The lowest BCUT2D eigenvalue weighted by molar-refractivity contribution is -0.123. The summed E-state index contributed by atoms with van der Waals surface area (Å²) in [6, 6.07) is 5.92. The summed E-state index contributed by atoms with van der Waals surface area (Å²) in [5.74, 6) is -1.55. The van der Waals surface area contributed by atoms with E-state index in [0.717, 1.165) is 0 Å². The van der Waals surface area contributed by atoms with Crippen LogP contribution in [0.5, 0.6) is 0 Å². The molecule has 0 aliphatic heterocycles. The second kappa shape index (κ2) is 12.1. The number of nitrogens with one attached hydrogen (secondary N) is 3. The van der Waals surface area contributed by atoms with Crippen LogP contribution >= 0.6 is 11.8 Å². The summed E-state index contributed by atoms with van der Waals surface area (Å²) < 4.78 is 9.85. The van der Waals surface area contributed by atoms with E-state index in [1.54, 1.807) is 46.1 Å². The molecule has 0 atom stereocenters. The van der Waals surface area contributed by atoms with E-state index < -0.39 is 30.1 Å². The van der Waals surface area contributed by atoms with Crippen molar-refractivity contribution in [3.63, 3.8) is 0 Å². The minimum absolute atomic E-state index is 0.113. The summed E-state index contributed by atoms with van der Waals surface area (Å²) in [7, 11) is 1.54. The molecule has 3 N–H and O–H groups in total. The molecule has 9 nitrogen and oxygen atoms in total. The normalized spacial score (nSPS) is 10.8. The van der Waals surface area contributed by atoms with Crippen LogP contribution < -0.4 is 16.0 Å². The topological polar surface area (TPSA) is 123 Å². The maximum absolute atomic E-state index is 12.3. The van der Waals surface area contributed by atoms with E-state index in [1.807, 2.05) is 0 Å². The maximum Gasteiger partial charge on any atom is 0.339 e. The van der Waals surface area contributed by atoms with Crippen LogP contribution in [0.4, 0.5) is 4.79 Å². The summed E-state index contributed by atoms with van der Waals surface area (Å²) in [4.78, 5) is 48.1. The Morgan fingerprint density at radius 3 is 2.41 bits per heavy atom. The first-order valence-corrected chi connectivity index (χ1v) is 9.87. The van der Waals surface area contributed by atoms with E-state index in [2.05, 4.69) is 16.0 Å². The Bertz CT molecular complexity index is 733. The average molecular weight is 426 g/mol. The standard InChI is InChI=1S/C19H27N3O6S/c1-19(2,3)22-18(26)21-15(23)11-28-17(25)13-7-5-6-8-14(13)29-12-16(24)20-9-10-27-4/h5-8H,9-12H2,1-4H3,(H,20,24)(H2,21,22,23,26). The van der Waals surface area contributed by atoms with Crippen LogP contribution in [0.15, 0.2) is 29.2 Å². The van der Waals surface area contributed by atoms with E-state index in [1.165, 1.54) is 17.8 Å². The Hall–Kier alpha value is -2.59. The number of esters is 1. The van der Waals surface area contributed by atoms with Gasteiger partial charge in [0.15, 0.2) is 6.61 Å². The van der Waals surface area contributed by atoms with Crippen LogP contribution in [0.1, 0.15) is 31.1 Å². The lowest BCUT2D eigenvalue weighted by atomic mass is 10.1. The molecule has 0 unspecified atom stereocenters. The zero-order chi connectivity index (χ0) is 21.9. The molecular weight excluding hydrogens is 398 g/mol. The highest BCUT2D eigenvalue weighted by Crippen LogP contribution is 2.23. The number of ether oxygens (including phenoxy) is 2. The maximum atomic E-state index is 12.3. The van der Waals surface area contributed by atoms with Crippen molar-refractivity contribution in [2.24, 2.45) is 0 Å². The minimum atomic E-state index is -0.747. The van der Waals surface area contributed by atoms with Crippen LogP contribution in [0.2, 0.25) is 0 Å². The lowest BCUT2D eigenvalue weighted by Crippen LogP contribution is -2.49. The fourth-order valence-corrected chi connectivity index (χ4v) is 2.86. The number of carbonyl (C=O) groups excluding carboxylic acids is 4. The van der Waals surface area contributed by atoms with E-state index in [-0.39, 0.29) is 17.2 Å². The van der Waals surface area contributed by atoms with Gasteiger partial charge in [0.25, 0.3) is 5.91 Å². The Labute approximate surface area is 174 Å². The second-order valence-electron chi connectivity index (χ2n) is 6.96. The smallest absolute Gasteiger partial charge is 0.339 e. The van der Waals surface area contributed by atoms with Gasteiger partial charge in [-0.05, 0) is 32.9 Å². The van der Waals surface area contributed by atoms with E-state index in [4.69, 9.17) is 9.47 Å². The highest BCUT2D eigenvalue weighted by atomic mass is 32.2. The molecule has 0 aromatic heterocycles. The summed E-state index contributed by atoms with van der Waals surface area (Å²) in [6.45, 7) is 5.51. The van der Waals surface area contributed by atoms with Crippen molar-refractivity contribution < 1.29 is 28.7 Å². The number of thioether (sulfide) groups is 1. The minimum Gasteiger partial charge on any atom is -0.452 e. The Balaban J connectivity index is 2.55. The van der Waals surface area contributed by atoms with Gasteiger partial charge in [0.2, 0.25) is 5.91 Å². The van der Waals surface area contributed by atoms with Gasteiger partial charge >= 0.3 is 12.0 Å². The van der Waals surface area contributed by atoms with Crippen molar-refractivity contribution in [2.45, 2.75) is 31.2 Å². The molecule has 0 aliphatic rings. The molecule has 0 spiro atoms. The first-order valence-electron chi connectivity index (χ1n) is 8.89. The van der Waals surface area contributed by atoms with E-state index in [9.17, 15) is 19.2 Å². The monoisotopic (exact) mass is 425 g/mol. The third kappa shape index (κ3) is 10.5. The average Bonchev–Trinajstić information content (AvgIpc) is 2.63. The van der Waals surface area contributed by atoms with Gasteiger partial charge in [-0.1, -0.05) is 12.1 Å². The van der Waals surface area contributed by atoms with Gasteiger partial charge in [0.05, 0.1) is 17.9 Å². The van der Waals surface area contributed by atoms with Crippen molar-refractivity contribution >= 4 is 35.6 Å². The molecule has 29 heavy (non-hydrogen) atoms. The molecule has 160 valence electrons. The summed E-state index contributed by atoms with van der Waals surface area (Å²) in [5, 5.41) is 7.34. The van der Waals surface area contributed by atoms with Gasteiger partial charge < -0.3 is 20.1 Å². The van der Waals surface area contributed by atoms with Crippen molar-refractivity contribution in [1.29, 1.82) is 0 Å². The number of benzene rings is 1. The van der Waals surface area contributed by atoms with Gasteiger partial charge in [0.1, 0.15) is 0 Å². The van der Waals surface area contributed by atoms with Gasteiger partial charge in [-0.3, -0.25) is 14.9 Å². The van der Waals surface area contributed by atoms with Crippen LogP contribution in [0, 0.1) is 0 Å². The Kier molecular flexibility index (Phi) is 10.2. The molecule has 1 aromatic rings. The second-order valence-corrected chi connectivity index (χ2v) is 7.97.